The van der Waals surface area contributed by atoms with Crippen LogP contribution in [0, 0.1) is 6.92 Å². The average Bonchev–Trinajstić information content (AvgIpc) is 2.49. The Hall–Kier alpha value is -1.99. The van der Waals surface area contributed by atoms with Crippen LogP contribution in [0.3, 0.4) is 0 Å². The van der Waals surface area contributed by atoms with E-state index < -0.39 is 20.9 Å². The SMILES string of the molecule is CCCS(=O)(=O)c1ncc(Cl)c(C(=O)Nc2ccccc2C)n1. The monoisotopic (exact) mass is 353 g/mol. The number of para-hydroxylation sites is 1. The number of nitrogens with zero attached hydrogens (tertiary/aromatic N) is 2. The fourth-order valence-corrected chi connectivity index (χ4v) is 3.26. The molecule has 23 heavy (non-hydrogen) atoms. The van der Waals surface area contributed by atoms with Crippen LogP contribution in [0.2, 0.25) is 5.02 Å². The smallest absolute Gasteiger partial charge is 0.275 e. The molecule has 0 fully saturated rings. The minimum absolute atomic E-state index is 0.00784. The van der Waals surface area contributed by atoms with Crippen molar-refractivity contribution in [1.29, 1.82) is 0 Å². The second kappa shape index (κ2) is 7.06. The van der Waals surface area contributed by atoms with Crippen LogP contribution in [-0.4, -0.2) is 30.0 Å². The Bertz CT molecular complexity index is 838. The molecule has 0 atom stereocenters. The molecule has 6 nitrogen and oxygen atoms in total. The Morgan fingerprint density at radius 3 is 2.65 bits per heavy atom. The molecule has 1 heterocycles. The zero-order chi connectivity index (χ0) is 17.0. The minimum Gasteiger partial charge on any atom is -0.320 e. The highest BCUT2D eigenvalue weighted by molar-refractivity contribution is 7.91. The number of hydrogen-bond acceptors (Lipinski definition) is 5. The number of sulfone groups is 1. The number of aryl methyl sites for hydroxylation is 1. The van der Waals surface area contributed by atoms with Crippen molar-refractivity contribution in [2.45, 2.75) is 25.4 Å². The molecule has 0 aliphatic carbocycles. The lowest BCUT2D eigenvalue weighted by Gasteiger charge is -2.09. The van der Waals surface area contributed by atoms with Gasteiger partial charge < -0.3 is 5.32 Å². The van der Waals surface area contributed by atoms with Gasteiger partial charge in [-0.3, -0.25) is 4.79 Å². The minimum atomic E-state index is -3.63. The van der Waals surface area contributed by atoms with Crippen LogP contribution < -0.4 is 5.32 Å². The zero-order valence-electron chi connectivity index (χ0n) is 12.7. The van der Waals surface area contributed by atoms with Gasteiger partial charge in [-0.2, -0.15) is 0 Å². The third-order valence-corrected chi connectivity index (χ3v) is 5.06. The van der Waals surface area contributed by atoms with Crippen LogP contribution >= 0.6 is 11.6 Å². The second-order valence-electron chi connectivity index (χ2n) is 4.94. The van der Waals surface area contributed by atoms with E-state index in [-0.39, 0.29) is 16.5 Å². The van der Waals surface area contributed by atoms with Crippen molar-refractivity contribution in [3.8, 4) is 0 Å². The molecule has 2 aromatic rings. The Morgan fingerprint density at radius 1 is 1.30 bits per heavy atom. The first-order valence-electron chi connectivity index (χ1n) is 6.97. The van der Waals surface area contributed by atoms with Crippen LogP contribution in [0.5, 0.6) is 0 Å². The molecular formula is C15H16ClN3O3S. The number of carbonyl (C=O) groups excluding carboxylic acids is 1. The number of nitrogens with one attached hydrogen (secondary N) is 1. The summed E-state index contributed by atoms with van der Waals surface area (Å²) < 4.78 is 24.1. The van der Waals surface area contributed by atoms with E-state index in [2.05, 4.69) is 15.3 Å². The number of hydrogen-bond donors (Lipinski definition) is 1. The summed E-state index contributed by atoms with van der Waals surface area (Å²) in [7, 11) is -3.63. The van der Waals surface area contributed by atoms with Gasteiger partial charge in [-0.25, -0.2) is 18.4 Å². The fourth-order valence-electron chi connectivity index (χ4n) is 1.91. The lowest BCUT2D eigenvalue weighted by atomic mass is 10.2. The summed E-state index contributed by atoms with van der Waals surface area (Å²) in [5, 5.41) is 2.27. The van der Waals surface area contributed by atoms with Crippen LogP contribution in [0.4, 0.5) is 5.69 Å². The van der Waals surface area contributed by atoms with E-state index in [4.69, 9.17) is 11.6 Å². The summed E-state index contributed by atoms with van der Waals surface area (Å²) in [6.45, 7) is 3.58. The van der Waals surface area contributed by atoms with Crippen molar-refractivity contribution in [1.82, 2.24) is 9.97 Å². The maximum absolute atomic E-state index is 12.3. The lowest BCUT2D eigenvalue weighted by molar-refractivity contribution is 0.102. The molecule has 0 aliphatic heterocycles. The lowest BCUT2D eigenvalue weighted by Crippen LogP contribution is -2.18. The van der Waals surface area contributed by atoms with Gasteiger partial charge >= 0.3 is 0 Å². The summed E-state index contributed by atoms with van der Waals surface area (Å²) in [5.41, 5.74) is 1.30. The van der Waals surface area contributed by atoms with Gasteiger partial charge in [0, 0.05) is 5.69 Å². The predicted molar refractivity (Wildman–Crippen MR) is 88.5 cm³/mol. The first-order chi connectivity index (χ1) is 10.8. The maximum Gasteiger partial charge on any atom is 0.275 e. The quantitative estimate of drug-likeness (QED) is 0.835. The van der Waals surface area contributed by atoms with E-state index in [1.807, 2.05) is 19.1 Å². The standard InChI is InChI=1S/C15H16ClN3O3S/c1-3-8-23(21,22)15-17-9-11(16)13(19-15)14(20)18-12-7-5-4-6-10(12)2/h4-7,9H,3,8H2,1-2H3,(H,18,20). The van der Waals surface area contributed by atoms with Crippen molar-refractivity contribution in [3.05, 3.63) is 46.7 Å². The number of amides is 1. The number of benzene rings is 1. The summed E-state index contributed by atoms with van der Waals surface area (Å²) in [5.74, 6) is -0.673. The third-order valence-electron chi connectivity index (χ3n) is 3.08. The molecule has 0 saturated heterocycles. The average molecular weight is 354 g/mol. The van der Waals surface area contributed by atoms with Gasteiger partial charge in [0.25, 0.3) is 5.91 Å². The predicted octanol–water partition coefficient (Wildman–Crippen LogP) is 2.87. The normalized spacial score (nSPS) is 11.3. The Kier molecular flexibility index (Phi) is 5.33. The molecule has 1 aromatic heterocycles. The van der Waals surface area contributed by atoms with Gasteiger partial charge in [0.2, 0.25) is 15.0 Å². The van der Waals surface area contributed by atoms with E-state index in [0.717, 1.165) is 11.8 Å². The van der Waals surface area contributed by atoms with Crippen molar-refractivity contribution >= 4 is 33.0 Å². The Balaban J connectivity index is 2.36. The third kappa shape index (κ3) is 4.05. The molecule has 0 saturated carbocycles. The summed E-state index contributed by atoms with van der Waals surface area (Å²) in [6.07, 6.45) is 1.56. The van der Waals surface area contributed by atoms with Crippen LogP contribution in [-0.2, 0) is 9.84 Å². The number of carbonyl (C=O) groups is 1. The summed E-state index contributed by atoms with van der Waals surface area (Å²) in [4.78, 5) is 19.9. The first-order valence-corrected chi connectivity index (χ1v) is 9.00. The molecule has 1 aromatic carbocycles. The molecule has 0 spiro atoms. The van der Waals surface area contributed by atoms with Crippen molar-refractivity contribution in [2.24, 2.45) is 0 Å². The molecule has 122 valence electrons. The van der Waals surface area contributed by atoms with Crippen molar-refractivity contribution < 1.29 is 13.2 Å². The highest BCUT2D eigenvalue weighted by atomic mass is 35.5. The molecular weight excluding hydrogens is 338 g/mol. The van der Waals surface area contributed by atoms with Gasteiger partial charge in [-0.15, -0.1) is 0 Å². The Morgan fingerprint density at radius 2 is 2.00 bits per heavy atom. The molecule has 0 aliphatic rings. The molecule has 2 rings (SSSR count). The van der Waals surface area contributed by atoms with Gasteiger partial charge in [0.1, 0.15) is 0 Å². The Labute approximate surface area is 139 Å². The highest BCUT2D eigenvalue weighted by Gasteiger charge is 2.22. The highest BCUT2D eigenvalue weighted by Crippen LogP contribution is 2.19. The van der Waals surface area contributed by atoms with E-state index in [0.29, 0.717) is 12.1 Å². The molecule has 0 bridgehead atoms. The second-order valence-corrected chi connectivity index (χ2v) is 7.35. The van der Waals surface area contributed by atoms with Crippen LogP contribution in [0.15, 0.2) is 35.6 Å². The summed E-state index contributed by atoms with van der Waals surface area (Å²) in [6, 6.07) is 7.20. The number of halogens is 1. The largest absolute Gasteiger partial charge is 0.320 e. The topological polar surface area (TPSA) is 89.0 Å². The van der Waals surface area contributed by atoms with Crippen LogP contribution in [0.1, 0.15) is 29.4 Å². The van der Waals surface area contributed by atoms with Crippen molar-refractivity contribution in [3.63, 3.8) is 0 Å². The van der Waals surface area contributed by atoms with E-state index >= 15 is 0 Å². The van der Waals surface area contributed by atoms with Crippen LogP contribution in [0.25, 0.3) is 0 Å². The van der Waals surface area contributed by atoms with Gasteiger partial charge in [-0.05, 0) is 25.0 Å². The maximum atomic E-state index is 12.3. The fraction of sp³-hybridized carbons (Fsp3) is 0.267. The zero-order valence-corrected chi connectivity index (χ0v) is 14.3. The van der Waals surface area contributed by atoms with E-state index in [9.17, 15) is 13.2 Å². The molecule has 1 amide bonds. The first kappa shape index (κ1) is 17.4. The van der Waals surface area contributed by atoms with E-state index in [1.165, 1.54) is 0 Å². The van der Waals surface area contributed by atoms with Crippen molar-refractivity contribution in [2.75, 3.05) is 11.1 Å². The molecule has 1 N–H and O–H groups in total. The number of rotatable bonds is 5. The number of anilines is 1. The van der Waals surface area contributed by atoms with Gasteiger partial charge in [0.15, 0.2) is 5.69 Å². The van der Waals surface area contributed by atoms with E-state index in [1.54, 1.807) is 19.1 Å². The van der Waals surface area contributed by atoms with Gasteiger partial charge in [0.05, 0.1) is 17.0 Å². The summed E-state index contributed by atoms with van der Waals surface area (Å²) >= 11 is 5.94. The van der Waals surface area contributed by atoms with Gasteiger partial charge in [-0.1, -0.05) is 36.7 Å². The molecule has 0 radical (unpaired) electrons. The molecule has 8 heteroatoms. The number of aromatic nitrogens is 2. The molecule has 0 unspecified atom stereocenters.